The number of rotatable bonds is 6. The number of hydrogen-bond acceptors (Lipinski definition) is 4. The molecule has 3 aromatic heterocycles. The van der Waals surface area contributed by atoms with E-state index in [9.17, 15) is 13.6 Å². The molecule has 0 radical (unpaired) electrons. The van der Waals surface area contributed by atoms with Crippen LogP contribution >= 0.6 is 22.6 Å². The van der Waals surface area contributed by atoms with Gasteiger partial charge in [-0.1, -0.05) is 0 Å². The Balaban J connectivity index is 1.79. The maximum atomic E-state index is 12.9. The van der Waals surface area contributed by atoms with E-state index in [1.807, 2.05) is 29.1 Å². The van der Waals surface area contributed by atoms with E-state index in [-0.39, 0.29) is 11.8 Å². The normalized spacial score (nSPS) is 11.6. The van der Waals surface area contributed by atoms with Crippen molar-refractivity contribution in [2.45, 2.75) is 24.3 Å². The van der Waals surface area contributed by atoms with Crippen molar-refractivity contribution in [2.24, 2.45) is 0 Å². The lowest BCUT2D eigenvalue weighted by Crippen LogP contribution is -2.18. The van der Waals surface area contributed by atoms with Gasteiger partial charge in [-0.2, -0.15) is 8.78 Å². The minimum atomic E-state index is -2.94. The molecule has 1 amide bonds. The first-order valence-corrected chi connectivity index (χ1v) is 9.16. The summed E-state index contributed by atoms with van der Waals surface area (Å²) in [6, 6.07) is 3.72. The molecule has 1 N–H and O–H groups in total. The Kier molecular flexibility index (Phi) is 5.59. The van der Waals surface area contributed by atoms with Gasteiger partial charge in [0.05, 0.1) is 0 Å². The number of halogens is 3. The molecule has 6 nitrogen and oxygen atoms in total. The number of anilines is 1. The molecule has 0 bridgehead atoms. The fourth-order valence-electron chi connectivity index (χ4n) is 2.69. The summed E-state index contributed by atoms with van der Waals surface area (Å²) in [5.74, 6) is 0.525. The van der Waals surface area contributed by atoms with Gasteiger partial charge in [-0.25, -0.2) is 9.97 Å². The zero-order chi connectivity index (χ0) is 19.6. The van der Waals surface area contributed by atoms with E-state index in [2.05, 4.69) is 15.3 Å². The Morgan fingerprint density at radius 3 is 2.81 bits per heavy atom. The lowest BCUT2D eigenvalue weighted by atomic mass is 10.2. The molecule has 0 aliphatic carbocycles. The van der Waals surface area contributed by atoms with Gasteiger partial charge in [0.25, 0.3) is 0 Å². The van der Waals surface area contributed by atoms with E-state index >= 15 is 0 Å². The first kappa shape index (κ1) is 19.5. The highest BCUT2D eigenvalue weighted by atomic mass is 127. The summed E-state index contributed by atoms with van der Waals surface area (Å²) >= 11 is 1.03. The molecular weight excluding hydrogens is 469 g/mol. The van der Waals surface area contributed by atoms with E-state index < -0.39 is 10.5 Å². The molecule has 142 valence electrons. The van der Waals surface area contributed by atoms with Crippen LogP contribution in [0.3, 0.4) is 0 Å². The van der Waals surface area contributed by atoms with E-state index in [0.29, 0.717) is 17.9 Å². The average molecular weight is 486 g/mol. The Morgan fingerprint density at radius 1 is 1.37 bits per heavy atom. The zero-order valence-corrected chi connectivity index (χ0v) is 16.8. The number of fused-ring (bicyclic) bond motifs is 1. The second-order valence-corrected chi connectivity index (χ2v) is 7.72. The first-order valence-electron chi connectivity index (χ1n) is 8.08. The minimum Gasteiger partial charge on any atom is -0.470 e. The van der Waals surface area contributed by atoms with Crippen LogP contribution in [0.15, 0.2) is 36.9 Å². The van der Waals surface area contributed by atoms with Crippen LogP contribution < -0.4 is 10.1 Å². The molecule has 27 heavy (non-hydrogen) atoms. The van der Waals surface area contributed by atoms with Crippen molar-refractivity contribution < 1.29 is 18.3 Å². The highest BCUT2D eigenvalue weighted by Gasteiger charge is 2.25. The lowest BCUT2D eigenvalue weighted by molar-refractivity contribution is -0.114. The quantitative estimate of drug-likeness (QED) is 0.420. The molecule has 0 atom stereocenters. The average Bonchev–Trinajstić information content (AvgIpc) is 2.96. The van der Waals surface area contributed by atoms with E-state index in [4.69, 9.17) is 4.74 Å². The fourth-order valence-corrected chi connectivity index (χ4v) is 2.85. The maximum Gasteiger partial charge on any atom is 0.329 e. The Labute approximate surface area is 168 Å². The van der Waals surface area contributed by atoms with Crippen LogP contribution in [0.4, 0.5) is 14.6 Å². The predicted molar refractivity (Wildman–Crippen MR) is 107 cm³/mol. The maximum absolute atomic E-state index is 12.9. The van der Waals surface area contributed by atoms with Gasteiger partial charge in [0.15, 0.2) is 6.61 Å². The monoisotopic (exact) mass is 486 g/mol. The molecule has 0 spiro atoms. The summed E-state index contributed by atoms with van der Waals surface area (Å²) < 4.78 is 29.9. The molecule has 0 aliphatic rings. The Bertz CT molecular complexity index is 985. The number of carbonyl (C=O) groups excluding carboxylic acids is 1. The van der Waals surface area contributed by atoms with Gasteiger partial charge in [-0.15, -0.1) is 0 Å². The number of alkyl halides is 3. The standard InChI is InChI=1S/C18H17F2IN4O2/c1-11-5-13(6-23-17(11)27-10-18(19,20)21)7-25-8-14-3-4-22-16(15(14)9-25)24-12(2)26/h3-6,8-9H,7,10H2,1-2H3,(H,22,24,26). The van der Waals surface area contributed by atoms with Gasteiger partial charge in [-0.05, 0) is 24.6 Å². The lowest BCUT2D eigenvalue weighted by Gasteiger charge is -2.12. The molecule has 0 saturated carbocycles. The first-order chi connectivity index (χ1) is 12.7. The third-order valence-corrected chi connectivity index (χ3v) is 4.05. The van der Waals surface area contributed by atoms with Gasteiger partial charge >= 0.3 is 3.93 Å². The summed E-state index contributed by atoms with van der Waals surface area (Å²) in [6.07, 6.45) is 7.08. The summed E-state index contributed by atoms with van der Waals surface area (Å²) in [7, 11) is 0. The summed E-state index contributed by atoms with van der Waals surface area (Å²) in [5, 5.41) is 4.50. The highest BCUT2D eigenvalue weighted by Crippen LogP contribution is 2.26. The van der Waals surface area contributed by atoms with E-state index in [0.717, 1.165) is 38.9 Å². The number of nitrogens with one attached hydrogen (secondary N) is 1. The fraction of sp³-hybridized carbons (Fsp3) is 0.278. The van der Waals surface area contributed by atoms with E-state index in [1.54, 1.807) is 19.3 Å². The van der Waals surface area contributed by atoms with Crippen molar-refractivity contribution >= 4 is 45.1 Å². The third-order valence-electron chi connectivity index (χ3n) is 3.74. The van der Waals surface area contributed by atoms with E-state index in [1.165, 1.54) is 6.92 Å². The van der Waals surface area contributed by atoms with Crippen LogP contribution in [0.5, 0.6) is 5.88 Å². The molecule has 9 heteroatoms. The van der Waals surface area contributed by atoms with Crippen molar-refractivity contribution in [2.75, 3.05) is 11.9 Å². The molecule has 3 heterocycles. The van der Waals surface area contributed by atoms with Gasteiger partial charge in [-0.3, -0.25) is 4.79 Å². The molecule has 0 aromatic carbocycles. The van der Waals surface area contributed by atoms with Crippen LogP contribution in [0.25, 0.3) is 10.8 Å². The number of nitrogens with zero attached hydrogens (tertiary/aromatic N) is 3. The van der Waals surface area contributed by atoms with Crippen LogP contribution in [-0.4, -0.2) is 31.0 Å². The number of aromatic nitrogens is 3. The van der Waals surface area contributed by atoms with Crippen LogP contribution in [0.1, 0.15) is 18.1 Å². The third kappa shape index (κ3) is 5.12. The minimum absolute atomic E-state index is 0.185. The Morgan fingerprint density at radius 2 is 2.15 bits per heavy atom. The predicted octanol–water partition coefficient (Wildman–Crippen LogP) is 4.15. The van der Waals surface area contributed by atoms with Crippen molar-refractivity contribution in [3.63, 3.8) is 0 Å². The number of pyridine rings is 2. The van der Waals surface area contributed by atoms with Gasteiger partial charge in [0, 0.05) is 77.2 Å². The zero-order valence-electron chi connectivity index (χ0n) is 14.7. The largest absolute Gasteiger partial charge is 0.470 e. The van der Waals surface area contributed by atoms with Gasteiger partial charge in [0.2, 0.25) is 11.8 Å². The Hall–Kier alpha value is -2.30. The molecular formula is C18H17F2IN4O2. The van der Waals surface area contributed by atoms with Crippen LogP contribution in [-0.2, 0) is 11.3 Å². The molecule has 0 aliphatic heterocycles. The van der Waals surface area contributed by atoms with Gasteiger partial charge < -0.3 is 14.6 Å². The summed E-state index contributed by atoms with van der Waals surface area (Å²) in [5.41, 5.74) is 1.58. The second kappa shape index (κ2) is 7.75. The van der Waals surface area contributed by atoms with Crippen molar-refractivity contribution in [3.05, 3.63) is 48.0 Å². The molecule has 3 aromatic rings. The second-order valence-electron chi connectivity index (χ2n) is 6.14. The van der Waals surface area contributed by atoms with Crippen LogP contribution in [0.2, 0.25) is 0 Å². The molecule has 0 unspecified atom stereocenters. The topological polar surface area (TPSA) is 69.0 Å². The molecule has 0 fully saturated rings. The number of amides is 1. The van der Waals surface area contributed by atoms with Crippen LogP contribution in [0, 0.1) is 6.92 Å². The van der Waals surface area contributed by atoms with Gasteiger partial charge in [0.1, 0.15) is 5.82 Å². The summed E-state index contributed by atoms with van der Waals surface area (Å²) in [6.45, 7) is 3.01. The number of aryl methyl sites for hydroxylation is 1. The van der Waals surface area contributed by atoms with Crippen molar-refractivity contribution in [1.82, 2.24) is 14.5 Å². The molecule has 3 rings (SSSR count). The number of hydrogen-bond donors (Lipinski definition) is 1. The molecule has 0 saturated heterocycles. The van der Waals surface area contributed by atoms with Crippen molar-refractivity contribution in [3.8, 4) is 5.88 Å². The smallest absolute Gasteiger partial charge is 0.329 e. The number of ether oxygens (including phenoxy) is 1. The van der Waals surface area contributed by atoms with Crippen molar-refractivity contribution in [1.29, 1.82) is 0 Å². The number of carbonyl (C=O) groups is 1. The summed E-state index contributed by atoms with van der Waals surface area (Å²) in [4.78, 5) is 19.7. The SMILES string of the molecule is CC(=O)Nc1nccc2cn(Cc3cnc(OCC(F)(F)I)c(C)c3)cc12. The highest BCUT2D eigenvalue weighted by molar-refractivity contribution is 14.1.